The van der Waals surface area contributed by atoms with Gasteiger partial charge in [-0.2, -0.15) is 0 Å². The number of rotatable bonds is 4. The molecule has 0 aliphatic carbocycles. The predicted molar refractivity (Wildman–Crippen MR) is 98.2 cm³/mol. The van der Waals surface area contributed by atoms with Crippen LogP contribution in [0.25, 0.3) is 0 Å². The zero-order chi connectivity index (χ0) is 18.8. The van der Waals surface area contributed by atoms with Gasteiger partial charge >= 0.3 is 0 Å². The average Bonchev–Trinajstić information content (AvgIpc) is 3.01. The molecule has 0 saturated carbocycles. The molecule has 0 bridgehead atoms. The standard InChI is InChI=1S/C19H21N3O4/c1-21(2)18(23)6-5-12-7-13-10-20-15-9-17(26-4)16(25-3)8-14(15)19(24)22(13)11-12/h5-6,8-11,13H,7H2,1-4H3/b6-5+/t13-/m0/s1. The van der Waals surface area contributed by atoms with Gasteiger partial charge in [-0.3, -0.25) is 14.6 Å². The maximum Gasteiger partial charge on any atom is 0.260 e. The number of hydrogen-bond donors (Lipinski definition) is 0. The Hall–Kier alpha value is -3.09. The Morgan fingerprint density at radius 1 is 1.27 bits per heavy atom. The minimum Gasteiger partial charge on any atom is -0.493 e. The fourth-order valence-corrected chi connectivity index (χ4v) is 2.89. The summed E-state index contributed by atoms with van der Waals surface area (Å²) in [5, 5.41) is 0. The van der Waals surface area contributed by atoms with Crippen LogP contribution in [0.3, 0.4) is 0 Å². The first-order chi connectivity index (χ1) is 12.4. The van der Waals surface area contributed by atoms with Crippen molar-refractivity contribution in [2.45, 2.75) is 12.5 Å². The summed E-state index contributed by atoms with van der Waals surface area (Å²) in [5.41, 5.74) is 1.90. The third-order valence-electron chi connectivity index (χ3n) is 4.34. The van der Waals surface area contributed by atoms with Gasteiger partial charge in [-0.05, 0) is 18.1 Å². The number of benzene rings is 1. The van der Waals surface area contributed by atoms with Crippen LogP contribution in [-0.2, 0) is 4.79 Å². The topological polar surface area (TPSA) is 71.4 Å². The molecule has 0 unspecified atom stereocenters. The van der Waals surface area contributed by atoms with Crippen molar-refractivity contribution < 1.29 is 19.1 Å². The Morgan fingerprint density at radius 3 is 2.62 bits per heavy atom. The molecule has 7 heteroatoms. The molecular weight excluding hydrogens is 334 g/mol. The molecule has 0 spiro atoms. The van der Waals surface area contributed by atoms with Crippen LogP contribution in [0.2, 0.25) is 0 Å². The quantitative estimate of drug-likeness (QED) is 0.776. The first-order valence-electron chi connectivity index (χ1n) is 8.17. The number of amides is 2. The van der Waals surface area contributed by atoms with Gasteiger partial charge in [0, 0.05) is 38.7 Å². The summed E-state index contributed by atoms with van der Waals surface area (Å²) in [4.78, 5) is 32.3. The molecule has 3 rings (SSSR count). The van der Waals surface area contributed by atoms with Gasteiger partial charge in [0.25, 0.3) is 5.91 Å². The molecule has 2 aliphatic rings. The summed E-state index contributed by atoms with van der Waals surface area (Å²) in [7, 11) is 6.45. The van der Waals surface area contributed by atoms with E-state index >= 15 is 0 Å². The second-order valence-electron chi connectivity index (χ2n) is 6.26. The molecule has 1 aromatic rings. The number of methoxy groups -OCH3 is 2. The fraction of sp³-hybridized carbons (Fsp3) is 0.316. The van der Waals surface area contributed by atoms with E-state index in [1.165, 1.54) is 18.1 Å². The number of carbonyl (C=O) groups is 2. The van der Waals surface area contributed by atoms with E-state index in [0.717, 1.165) is 5.57 Å². The molecule has 1 aromatic carbocycles. The Balaban J connectivity index is 1.92. The van der Waals surface area contributed by atoms with E-state index in [-0.39, 0.29) is 17.9 Å². The van der Waals surface area contributed by atoms with Gasteiger partial charge in [-0.25, -0.2) is 0 Å². The van der Waals surface area contributed by atoms with E-state index in [4.69, 9.17) is 9.47 Å². The summed E-state index contributed by atoms with van der Waals surface area (Å²) in [6.45, 7) is 0. The Bertz CT molecular complexity index is 839. The minimum absolute atomic E-state index is 0.102. The molecule has 0 aromatic heterocycles. The molecule has 0 N–H and O–H groups in total. The van der Waals surface area contributed by atoms with Crippen molar-refractivity contribution in [1.29, 1.82) is 0 Å². The van der Waals surface area contributed by atoms with Crippen LogP contribution < -0.4 is 9.47 Å². The third-order valence-corrected chi connectivity index (χ3v) is 4.34. The first-order valence-corrected chi connectivity index (χ1v) is 8.17. The van der Waals surface area contributed by atoms with E-state index in [0.29, 0.717) is 29.2 Å². The molecule has 136 valence electrons. The maximum atomic E-state index is 13.0. The molecule has 2 amide bonds. The van der Waals surface area contributed by atoms with Gasteiger partial charge in [-0.15, -0.1) is 0 Å². The number of likely N-dealkylation sites (N-methyl/N-ethyl adjacent to an activating group) is 1. The van der Waals surface area contributed by atoms with Crippen LogP contribution in [0, 0.1) is 0 Å². The highest BCUT2D eigenvalue weighted by Crippen LogP contribution is 2.38. The summed E-state index contributed by atoms with van der Waals surface area (Å²) >= 11 is 0. The lowest BCUT2D eigenvalue weighted by atomic mass is 10.1. The van der Waals surface area contributed by atoms with Crippen molar-refractivity contribution in [3.63, 3.8) is 0 Å². The lowest BCUT2D eigenvalue weighted by Crippen LogP contribution is -2.32. The highest BCUT2D eigenvalue weighted by Gasteiger charge is 2.32. The molecule has 2 heterocycles. The molecule has 0 fully saturated rings. The van der Waals surface area contributed by atoms with Crippen molar-refractivity contribution >= 4 is 23.7 Å². The van der Waals surface area contributed by atoms with Crippen molar-refractivity contribution in [2.24, 2.45) is 4.99 Å². The Morgan fingerprint density at radius 2 is 1.96 bits per heavy atom. The Labute approximate surface area is 152 Å². The van der Waals surface area contributed by atoms with E-state index in [2.05, 4.69) is 4.99 Å². The lowest BCUT2D eigenvalue weighted by molar-refractivity contribution is -0.123. The summed E-state index contributed by atoms with van der Waals surface area (Å²) in [6.07, 6.45) is 7.37. The normalized spacial score (nSPS) is 18.3. The van der Waals surface area contributed by atoms with Crippen molar-refractivity contribution in [3.05, 3.63) is 41.6 Å². The van der Waals surface area contributed by atoms with Crippen LogP contribution in [0.5, 0.6) is 11.5 Å². The van der Waals surface area contributed by atoms with Gasteiger partial charge in [0.2, 0.25) is 5.91 Å². The van der Waals surface area contributed by atoms with Gasteiger partial charge in [0.1, 0.15) is 0 Å². The summed E-state index contributed by atoms with van der Waals surface area (Å²) < 4.78 is 10.6. The average molecular weight is 355 g/mol. The molecule has 0 saturated heterocycles. The number of fused-ring (bicyclic) bond motifs is 2. The molecule has 1 atom stereocenters. The van der Waals surface area contributed by atoms with Crippen LogP contribution in [-0.4, -0.2) is 62.2 Å². The fourth-order valence-electron chi connectivity index (χ4n) is 2.89. The van der Waals surface area contributed by atoms with Crippen LogP contribution in [0.1, 0.15) is 16.8 Å². The highest BCUT2D eigenvalue weighted by atomic mass is 16.5. The number of aliphatic imine (C=N–C) groups is 1. The number of ether oxygens (including phenoxy) is 2. The van der Waals surface area contributed by atoms with Crippen LogP contribution in [0.4, 0.5) is 5.69 Å². The van der Waals surface area contributed by atoms with Gasteiger partial charge in [0.05, 0.1) is 31.5 Å². The first kappa shape index (κ1) is 17.7. The van der Waals surface area contributed by atoms with E-state index < -0.39 is 0 Å². The second-order valence-corrected chi connectivity index (χ2v) is 6.26. The monoisotopic (exact) mass is 355 g/mol. The highest BCUT2D eigenvalue weighted by molar-refractivity contribution is 6.04. The SMILES string of the molecule is COc1cc2c(cc1OC)C(=O)N1C=C(/C=C/C(=O)N(C)C)C[C@H]1C=N2. The number of carbonyl (C=O) groups excluding carboxylic acids is 2. The predicted octanol–water partition coefficient (Wildman–Crippen LogP) is 2.16. The number of nitrogens with zero attached hydrogens (tertiary/aromatic N) is 3. The van der Waals surface area contributed by atoms with Gasteiger partial charge in [-0.1, -0.05) is 6.08 Å². The largest absolute Gasteiger partial charge is 0.493 e. The zero-order valence-corrected chi connectivity index (χ0v) is 15.2. The molecular formula is C19H21N3O4. The maximum absolute atomic E-state index is 13.0. The zero-order valence-electron chi connectivity index (χ0n) is 15.2. The molecule has 2 aliphatic heterocycles. The van der Waals surface area contributed by atoms with Gasteiger partial charge in [0.15, 0.2) is 11.5 Å². The molecule has 0 radical (unpaired) electrons. The Kier molecular flexibility index (Phi) is 4.79. The van der Waals surface area contributed by atoms with Crippen molar-refractivity contribution in [2.75, 3.05) is 28.3 Å². The lowest BCUT2D eigenvalue weighted by Gasteiger charge is -2.18. The van der Waals surface area contributed by atoms with Crippen LogP contribution in [0.15, 0.2) is 41.1 Å². The number of allylic oxidation sites excluding steroid dienone is 1. The van der Waals surface area contributed by atoms with Crippen LogP contribution >= 0.6 is 0 Å². The smallest absolute Gasteiger partial charge is 0.260 e. The second kappa shape index (κ2) is 7.03. The summed E-state index contributed by atoms with van der Waals surface area (Å²) in [6, 6.07) is 3.17. The van der Waals surface area contributed by atoms with Gasteiger partial charge < -0.3 is 19.3 Å². The summed E-state index contributed by atoms with van der Waals surface area (Å²) in [5.74, 6) is 0.744. The number of hydrogen-bond acceptors (Lipinski definition) is 5. The van der Waals surface area contributed by atoms with E-state index in [9.17, 15) is 9.59 Å². The third kappa shape index (κ3) is 3.20. The van der Waals surface area contributed by atoms with E-state index in [1.54, 1.807) is 56.7 Å². The molecule has 26 heavy (non-hydrogen) atoms. The van der Waals surface area contributed by atoms with Crippen molar-refractivity contribution in [3.8, 4) is 11.5 Å². The minimum atomic E-state index is -0.180. The van der Waals surface area contributed by atoms with Crippen molar-refractivity contribution in [1.82, 2.24) is 9.80 Å². The van der Waals surface area contributed by atoms with E-state index in [1.807, 2.05) is 0 Å². The molecule has 7 nitrogen and oxygen atoms in total.